The maximum Gasteiger partial charge on any atom is 0.162 e. The van der Waals surface area contributed by atoms with Crippen LogP contribution >= 0.6 is 0 Å². The lowest BCUT2D eigenvalue weighted by Crippen LogP contribution is -2.23. The van der Waals surface area contributed by atoms with Crippen LogP contribution in [0.1, 0.15) is 5.56 Å². The first-order valence-corrected chi connectivity index (χ1v) is 4.23. The predicted octanol–water partition coefficient (Wildman–Crippen LogP) is 2.45. The molecule has 1 aromatic carbocycles. The van der Waals surface area contributed by atoms with Crippen molar-refractivity contribution in [2.45, 2.75) is 0 Å². The van der Waals surface area contributed by atoms with Crippen LogP contribution < -0.4 is 4.84 Å². The summed E-state index contributed by atoms with van der Waals surface area (Å²) in [6.45, 7) is 4.35. The molecule has 0 radical (unpaired) electrons. The van der Waals surface area contributed by atoms with Crippen LogP contribution in [0.25, 0.3) is 6.08 Å². The Bertz CT molecular complexity index is 344. The molecular weight excluding hydrogens is 162 g/mol. The number of nitrogens with zero attached hydrogens (tertiary/aromatic N) is 1. The SMILES string of the molecule is C=CCN1C=Cc2ccccc2O1. The molecule has 0 bridgehead atoms. The summed E-state index contributed by atoms with van der Waals surface area (Å²) in [6, 6.07) is 7.94. The molecule has 0 saturated carbocycles. The molecule has 1 aliphatic rings. The largest absolute Gasteiger partial charge is 0.379 e. The second-order valence-electron chi connectivity index (χ2n) is 2.83. The van der Waals surface area contributed by atoms with E-state index in [0.29, 0.717) is 6.54 Å². The summed E-state index contributed by atoms with van der Waals surface area (Å²) < 4.78 is 0. The van der Waals surface area contributed by atoms with Gasteiger partial charge in [0.1, 0.15) is 0 Å². The van der Waals surface area contributed by atoms with Crippen LogP contribution in [0.15, 0.2) is 43.1 Å². The lowest BCUT2D eigenvalue weighted by Gasteiger charge is -2.23. The van der Waals surface area contributed by atoms with Gasteiger partial charge in [0, 0.05) is 11.8 Å². The minimum Gasteiger partial charge on any atom is -0.379 e. The second-order valence-corrected chi connectivity index (χ2v) is 2.83. The van der Waals surface area contributed by atoms with Gasteiger partial charge < -0.3 is 4.84 Å². The Labute approximate surface area is 77.7 Å². The fourth-order valence-electron chi connectivity index (χ4n) is 1.25. The van der Waals surface area contributed by atoms with Gasteiger partial charge in [-0.05, 0) is 12.1 Å². The number of hydrogen-bond donors (Lipinski definition) is 0. The first-order chi connectivity index (χ1) is 6.40. The van der Waals surface area contributed by atoms with Crippen molar-refractivity contribution < 1.29 is 4.84 Å². The second kappa shape index (κ2) is 3.35. The highest BCUT2D eigenvalue weighted by Crippen LogP contribution is 2.24. The molecule has 0 atom stereocenters. The lowest BCUT2D eigenvalue weighted by atomic mass is 10.2. The van der Waals surface area contributed by atoms with Gasteiger partial charge in [-0.15, -0.1) is 6.58 Å². The Kier molecular flexibility index (Phi) is 2.04. The van der Waals surface area contributed by atoms with Crippen molar-refractivity contribution in [1.82, 2.24) is 5.06 Å². The summed E-state index contributed by atoms with van der Waals surface area (Å²) >= 11 is 0. The Morgan fingerprint density at radius 2 is 2.23 bits per heavy atom. The average molecular weight is 173 g/mol. The van der Waals surface area contributed by atoms with E-state index in [0.717, 1.165) is 11.3 Å². The van der Waals surface area contributed by atoms with Crippen molar-refractivity contribution in [3.8, 4) is 5.75 Å². The molecule has 0 N–H and O–H groups in total. The zero-order chi connectivity index (χ0) is 9.10. The third kappa shape index (κ3) is 1.56. The molecule has 2 nitrogen and oxygen atoms in total. The van der Waals surface area contributed by atoms with Crippen molar-refractivity contribution >= 4 is 6.08 Å². The molecule has 0 aromatic heterocycles. The Morgan fingerprint density at radius 3 is 3.08 bits per heavy atom. The topological polar surface area (TPSA) is 12.5 Å². The van der Waals surface area contributed by atoms with Crippen LogP contribution in [0.4, 0.5) is 0 Å². The number of hydroxylamine groups is 2. The quantitative estimate of drug-likeness (QED) is 0.637. The normalized spacial score (nSPS) is 13.4. The van der Waals surface area contributed by atoms with E-state index in [9.17, 15) is 0 Å². The molecule has 2 heteroatoms. The average Bonchev–Trinajstić information content (AvgIpc) is 2.18. The summed E-state index contributed by atoms with van der Waals surface area (Å²) in [5.41, 5.74) is 1.11. The Hall–Kier alpha value is -1.70. The van der Waals surface area contributed by atoms with Crippen molar-refractivity contribution in [2.24, 2.45) is 0 Å². The molecule has 1 aliphatic heterocycles. The predicted molar refractivity (Wildman–Crippen MR) is 53.0 cm³/mol. The maximum absolute atomic E-state index is 5.55. The summed E-state index contributed by atoms with van der Waals surface area (Å²) in [6.07, 6.45) is 5.74. The molecule has 13 heavy (non-hydrogen) atoms. The molecular formula is C11H11NO. The molecule has 0 amide bonds. The van der Waals surface area contributed by atoms with Gasteiger partial charge >= 0.3 is 0 Å². The van der Waals surface area contributed by atoms with Gasteiger partial charge in [0.05, 0.1) is 6.54 Å². The van der Waals surface area contributed by atoms with E-state index in [1.54, 1.807) is 11.1 Å². The van der Waals surface area contributed by atoms with Crippen LogP contribution in [0, 0.1) is 0 Å². The van der Waals surface area contributed by atoms with E-state index in [4.69, 9.17) is 4.84 Å². The van der Waals surface area contributed by atoms with Gasteiger partial charge in [0.2, 0.25) is 0 Å². The van der Waals surface area contributed by atoms with Crippen molar-refractivity contribution in [2.75, 3.05) is 6.54 Å². The summed E-state index contributed by atoms with van der Waals surface area (Å²) in [4.78, 5) is 5.55. The maximum atomic E-state index is 5.55. The molecule has 1 heterocycles. The van der Waals surface area contributed by atoms with E-state index in [2.05, 4.69) is 6.58 Å². The molecule has 1 aromatic rings. The number of hydrogen-bond acceptors (Lipinski definition) is 2. The van der Waals surface area contributed by atoms with E-state index in [1.165, 1.54) is 0 Å². The minimum absolute atomic E-state index is 0.699. The van der Waals surface area contributed by atoms with Crippen LogP contribution in [0.2, 0.25) is 0 Å². The number of rotatable bonds is 2. The number of fused-ring (bicyclic) bond motifs is 1. The smallest absolute Gasteiger partial charge is 0.162 e. The highest BCUT2D eigenvalue weighted by atomic mass is 16.7. The third-order valence-corrected chi connectivity index (χ3v) is 1.86. The first kappa shape index (κ1) is 7.92. The molecule has 0 saturated heterocycles. The van der Waals surface area contributed by atoms with Crippen molar-refractivity contribution in [1.29, 1.82) is 0 Å². The lowest BCUT2D eigenvalue weighted by molar-refractivity contribution is 0.00238. The Morgan fingerprint density at radius 1 is 1.38 bits per heavy atom. The first-order valence-electron chi connectivity index (χ1n) is 4.23. The van der Waals surface area contributed by atoms with Gasteiger partial charge in [-0.2, -0.15) is 0 Å². The van der Waals surface area contributed by atoms with Gasteiger partial charge in [0.25, 0.3) is 0 Å². The van der Waals surface area contributed by atoms with Crippen LogP contribution in [-0.2, 0) is 0 Å². The molecule has 0 spiro atoms. The minimum atomic E-state index is 0.699. The van der Waals surface area contributed by atoms with Crippen molar-refractivity contribution in [3.63, 3.8) is 0 Å². The van der Waals surface area contributed by atoms with E-state index < -0.39 is 0 Å². The van der Waals surface area contributed by atoms with Crippen molar-refractivity contribution in [3.05, 3.63) is 48.7 Å². The zero-order valence-corrected chi connectivity index (χ0v) is 7.31. The third-order valence-electron chi connectivity index (χ3n) is 1.86. The van der Waals surface area contributed by atoms with E-state index in [-0.39, 0.29) is 0 Å². The van der Waals surface area contributed by atoms with Crippen LogP contribution in [-0.4, -0.2) is 11.6 Å². The van der Waals surface area contributed by atoms with E-state index in [1.807, 2.05) is 36.5 Å². The van der Waals surface area contributed by atoms with Gasteiger partial charge in [-0.3, -0.25) is 0 Å². The van der Waals surface area contributed by atoms with Gasteiger partial charge in [-0.1, -0.05) is 24.3 Å². The van der Waals surface area contributed by atoms with Crippen LogP contribution in [0.3, 0.4) is 0 Å². The molecule has 2 rings (SSSR count). The molecule has 0 unspecified atom stereocenters. The highest BCUT2D eigenvalue weighted by Gasteiger charge is 2.08. The highest BCUT2D eigenvalue weighted by molar-refractivity contribution is 5.58. The number of benzene rings is 1. The number of para-hydroxylation sites is 1. The van der Waals surface area contributed by atoms with Gasteiger partial charge in [-0.25, -0.2) is 5.06 Å². The standard InChI is InChI=1S/C11H11NO/c1-2-8-12-9-7-10-5-3-4-6-11(10)13-12/h2-7,9H,1,8H2. The van der Waals surface area contributed by atoms with Gasteiger partial charge in [0.15, 0.2) is 5.75 Å². The summed E-state index contributed by atoms with van der Waals surface area (Å²) in [5, 5.41) is 1.75. The van der Waals surface area contributed by atoms with E-state index >= 15 is 0 Å². The Balaban J connectivity index is 2.23. The van der Waals surface area contributed by atoms with Crippen LogP contribution in [0.5, 0.6) is 5.75 Å². The fraction of sp³-hybridized carbons (Fsp3) is 0.0909. The fourth-order valence-corrected chi connectivity index (χ4v) is 1.25. The molecule has 66 valence electrons. The molecule has 0 aliphatic carbocycles. The summed E-state index contributed by atoms with van der Waals surface area (Å²) in [5.74, 6) is 0.895. The molecule has 0 fully saturated rings. The summed E-state index contributed by atoms with van der Waals surface area (Å²) in [7, 11) is 0. The monoisotopic (exact) mass is 173 g/mol. The zero-order valence-electron chi connectivity index (χ0n) is 7.31.